The molecule has 83 valence electrons. The van der Waals surface area contributed by atoms with Crippen LogP contribution in [-0.4, -0.2) is 8.42 Å². The van der Waals surface area contributed by atoms with Gasteiger partial charge < -0.3 is 0 Å². The molecule has 1 rings (SSSR count). The van der Waals surface area contributed by atoms with Gasteiger partial charge in [-0.05, 0) is 44.0 Å². The molecule has 15 heavy (non-hydrogen) atoms. The van der Waals surface area contributed by atoms with E-state index in [1.807, 2.05) is 0 Å². The van der Waals surface area contributed by atoms with Gasteiger partial charge in [0.25, 0.3) is 0 Å². The van der Waals surface area contributed by atoms with E-state index in [-0.39, 0.29) is 4.90 Å². The van der Waals surface area contributed by atoms with E-state index < -0.39 is 10.0 Å². The van der Waals surface area contributed by atoms with Crippen LogP contribution in [0.4, 0.5) is 0 Å². The molecule has 0 saturated carbocycles. The monoisotopic (exact) mass is 246 g/mol. The van der Waals surface area contributed by atoms with Gasteiger partial charge in [0.1, 0.15) is 0 Å². The molecule has 3 nitrogen and oxygen atoms in total. The van der Waals surface area contributed by atoms with E-state index in [4.69, 9.17) is 11.6 Å². The third kappa shape index (κ3) is 2.71. The largest absolute Gasteiger partial charge is 0.241 e. The number of sulfonamides is 1. The third-order valence-corrected chi connectivity index (χ3v) is 3.99. The first-order chi connectivity index (χ1) is 6.88. The summed E-state index contributed by atoms with van der Waals surface area (Å²) in [5.74, 6) is 0. The molecule has 0 spiro atoms. The van der Waals surface area contributed by atoms with Crippen LogP contribution in [0.2, 0.25) is 5.02 Å². The van der Waals surface area contributed by atoms with Crippen molar-refractivity contribution in [3.05, 3.63) is 34.8 Å². The van der Waals surface area contributed by atoms with Crippen molar-refractivity contribution in [1.82, 2.24) is 4.72 Å². The lowest BCUT2D eigenvalue weighted by molar-refractivity contribution is 0.587. The zero-order valence-electron chi connectivity index (χ0n) is 8.83. The zero-order chi connectivity index (χ0) is 11.6. The Bertz CT molecular complexity index is 469. The highest BCUT2D eigenvalue weighted by Crippen LogP contribution is 2.23. The van der Waals surface area contributed by atoms with Crippen LogP contribution in [-0.2, 0) is 10.0 Å². The highest BCUT2D eigenvalue weighted by atomic mass is 35.5. The molecule has 0 aliphatic heterocycles. The lowest BCUT2D eigenvalue weighted by atomic mass is 10.2. The fourth-order valence-corrected chi connectivity index (χ4v) is 2.73. The minimum atomic E-state index is -3.44. The van der Waals surface area contributed by atoms with Gasteiger partial charge in [-0.15, -0.1) is 0 Å². The number of hydrogen-bond acceptors (Lipinski definition) is 2. The number of rotatable bonds is 3. The highest BCUT2D eigenvalue weighted by molar-refractivity contribution is 7.89. The molecule has 1 radical (unpaired) electrons. The summed E-state index contributed by atoms with van der Waals surface area (Å²) in [7, 11) is -3.44. The van der Waals surface area contributed by atoms with Crippen molar-refractivity contribution in [3.8, 4) is 0 Å². The second-order valence-corrected chi connectivity index (χ2v) is 5.37. The fraction of sp³-hybridized carbons (Fsp3) is 0.300. The van der Waals surface area contributed by atoms with E-state index in [9.17, 15) is 8.42 Å². The van der Waals surface area contributed by atoms with Gasteiger partial charge in [0, 0.05) is 11.6 Å². The molecule has 0 aliphatic carbocycles. The standard InChI is InChI=1S/C10H13ClNO2S/c1-4-12-15(13,14)10-6-7(2)9(11)5-8(10)3/h4-6,12H,1-3H3. The van der Waals surface area contributed by atoms with Gasteiger partial charge >= 0.3 is 0 Å². The van der Waals surface area contributed by atoms with Gasteiger partial charge in [-0.2, -0.15) is 0 Å². The molecular weight excluding hydrogens is 234 g/mol. The Morgan fingerprint density at radius 1 is 1.27 bits per heavy atom. The van der Waals surface area contributed by atoms with Crippen molar-refractivity contribution in [2.75, 3.05) is 0 Å². The van der Waals surface area contributed by atoms with E-state index in [1.165, 1.54) is 6.54 Å². The summed E-state index contributed by atoms with van der Waals surface area (Å²) in [6.45, 7) is 6.50. The van der Waals surface area contributed by atoms with Crippen molar-refractivity contribution in [2.45, 2.75) is 25.7 Å². The Labute approximate surface area is 95.5 Å². The van der Waals surface area contributed by atoms with Crippen molar-refractivity contribution >= 4 is 21.6 Å². The maximum atomic E-state index is 11.7. The minimum Gasteiger partial charge on any atom is -0.207 e. The van der Waals surface area contributed by atoms with Crippen molar-refractivity contribution in [1.29, 1.82) is 0 Å². The van der Waals surface area contributed by atoms with Crippen LogP contribution >= 0.6 is 11.6 Å². The first kappa shape index (κ1) is 12.5. The Balaban J connectivity index is 3.33. The minimum absolute atomic E-state index is 0.266. The fourth-order valence-electron chi connectivity index (χ4n) is 1.26. The summed E-state index contributed by atoms with van der Waals surface area (Å²) in [5, 5.41) is 0.576. The lowest BCUT2D eigenvalue weighted by Gasteiger charge is -2.09. The van der Waals surface area contributed by atoms with Crippen LogP contribution < -0.4 is 4.72 Å². The van der Waals surface area contributed by atoms with Crippen LogP contribution in [0.5, 0.6) is 0 Å². The second kappa shape index (κ2) is 4.51. The molecule has 0 aromatic heterocycles. The number of hydrogen-bond donors (Lipinski definition) is 1. The lowest BCUT2D eigenvalue weighted by Crippen LogP contribution is -2.20. The maximum absolute atomic E-state index is 11.7. The molecule has 0 heterocycles. The molecular formula is C10H13ClNO2S. The Hall–Kier alpha value is -0.580. The molecule has 0 aliphatic rings. The number of aryl methyl sites for hydroxylation is 2. The molecule has 0 fully saturated rings. The summed E-state index contributed by atoms with van der Waals surface area (Å²) < 4.78 is 25.8. The van der Waals surface area contributed by atoms with Crippen molar-refractivity contribution in [3.63, 3.8) is 0 Å². The van der Waals surface area contributed by atoms with Gasteiger partial charge in [-0.25, -0.2) is 13.1 Å². The third-order valence-electron chi connectivity index (χ3n) is 2.02. The van der Waals surface area contributed by atoms with E-state index in [0.29, 0.717) is 10.6 Å². The molecule has 0 saturated heterocycles. The summed E-state index contributed by atoms with van der Waals surface area (Å²) >= 11 is 5.89. The molecule has 0 unspecified atom stereocenters. The predicted octanol–water partition coefficient (Wildman–Crippen LogP) is 2.42. The topological polar surface area (TPSA) is 46.2 Å². The van der Waals surface area contributed by atoms with Crippen LogP contribution in [0, 0.1) is 20.4 Å². The zero-order valence-corrected chi connectivity index (χ0v) is 10.4. The highest BCUT2D eigenvalue weighted by Gasteiger charge is 2.16. The maximum Gasteiger partial charge on any atom is 0.241 e. The van der Waals surface area contributed by atoms with E-state index in [0.717, 1.165) is 5.56 Å². The predicted molar refractivity (Wildman–Crippen MR) is 61.2 cm³/mol. The van der Waals surface area contributed by atoms with E-state index in [1.54, 1.807) is 32.9 Å². The average molecular weight is 247 g/mol. The second-order valence-electron chi connectivity index (χ2n) is 3.28. The summed E-state index contributed by atoms with van der Waals surface area (Å²) in [6, 6.07) is 3.23. The molecule has 0 amide bonds. The van der Waals surface area contributed by atoms with Gasteiger partial charge in [-0.1, -0.05) is 11.6 Å². The first-order valence-corrected chi connectivity index (χ1v) is 6.31. The van der Waals surface area contributed by atoms with Crippen LogP contribution in [0.3, 0.4) is 0 Å². The Morgan fingerprint density at radius 3 is 2.40 bits per heavy atom. The number of benzene rings is 1. The number of nitrogens with one attached hydrogen (secondary N) is 1. The molecule has 1 aromatic carbocycles. The molecule has 5 heteroatoms. The first-order valence-electron chi connectivity index (χ1n) is 4.45. The van der Waals surface area contributed by atoms with Crippen LogP contribution in [0.1, 0.15) is 18.1 Å². The summed E-state index contributed by atoms with van der Waals surface area (Å²) in [6.07, 6.45) is 0. The Kier molecular flexibility index (Phi) is 3.76. The molecule has 1 aromatic rings. The molecule has 0 bridgehead atoms. The van der Waals surface area contributed by atoms with Crippen LogP contribution in [0.25, 0.3) is 0 Å². The van der Waals surface area contributed by atoms with Gasteiger partial charge in [0.05, 0.1) is 4.90 Å². The van der Waals surface area contributed by atoms with Gasteiger partial charge in [0.2, 0.25) is 10.0 Å². The van der Waals surface area contributed by atoms with E-state index in [2.05, 4.69) is 4.72 Å². The number of halogens is 1. The SMILES string of the molecule is C[CH]NS(=O)(=O)c1cc(C)c(Cl)cc1C. The molecule has 0 atom stereocenters. The average Bonchev–Trinajstić information content (AvgIpc) is 2.11. The van der Waals surface area contributed by atoms with Crippen molar-refractivity contribution in [2.24, 2.45) is 0 Å². The van der Waals surface area contributed by atoms with E-state index >= 15 is 0 Å². The van der Waals surface area contributed by atoms with Crippen LogP contribution in [0.15, 0.2) is 17.0 Å². The Morgan fingerprint density at radius 2 is 1.87 bits per heavy atom. The van der Waals surface area contributed by atoms with Gasteiger partial charge in [-0.3, -0.25) is 0 Å². The summed E-state index contributed by atoms with van der Waals surface area (Å²) in [5.41, 5.74) is 1.39. The van der Waals surface area contributed by atoms with Gasteiger partial charge in [0.15, 0.2) is 0 Å². The molecule has 1 N–H and O–H groups in total. The smallest absolute Gasteiger partial charge is 0.207 e. The summed E-state index contributed by atoms with van der Waals surface area (Å²) in [4.78, 5) is 0.266. The quantitative estimate of drug-likeness (QED) is 0.890. The normalized spacial score (nSPS) is 11.7. The van der Waals surface area contributed by atoms with Crippen molar-refractivity contribution < 1.29 is 8.42 Å².